The number of nitrogens with zero attached hydrogens (tertiary/aromatic N) is 1. The molecule has 3 rings (SSSR count). The van der Waals surface area contributed by atoms with Gasteiger partial charge in [0.1, 0.15) is 0 Å². The number of thiophene rings is 1. The van der Waals surface area contributed by atoms with E-state index in [9.17, 15) is 0 Å². The highest BCUT2D eigenvalue weighted by Gasteiger charge is 2.23. The van der Waals surface area contributed by atoms with Crippen molar-refractivity contribution in [2.24, 2.45) is 0 Å². The normalized spacial score (nSPS) is 19.7. The molecule has 1 aromatic heterocycles. The topological polar surface area (TPSA) is 15.3 Å². The van der Waals surface area contributed by atoms with Gasteiger partial charge in [0.05, 0.1) is 16.6 Å². The third-order valence-corrected chi connectivity index (χ3v) is 4.19. The summed E-state index contributed by atoms with van der Waals surface area (Å²) in [4.78, 5) is 1.26. The molecule has 2 nitrogen and oxygen atoms in total. The number of hydrogen-bond donors (Lipinski definition) is 1. The zero-order valence-electron chi connectivity index (χ0n) is 9.93. The Bertz CT molecular complexity index is 560. The predicted octanol–water partition coefficient (Wildman–Crippen LogP) is 3.93. The number of nitrogens with one attached hydrogen (secondary N) is 1. The molecule has 18 heavy (non-hydrogen) atoms. The summed E-state index contributed by atoms with van der Waals surface area (Å²) in [5.74, 6) is 0. The first kappa shape index (κ1) is 11.8. The average molecular weight is 277 g/mol. The van der Waals surface area contributed by atoms with Gasteiger partial charge in [-0.05, 0) is 35.2 Å². The van der Waals surface area contributed by atoms with E-state index in [0.717, 1.165) is 5.02 Å². The van der Waals surface area contributed by atoms with Crippen molar-refractivity contribution in [3.05, 3.63) is 63.3 Å². The predicted molar refractivity (Wildman–Crippen MR) is 77.4 cm³/mol. The Morgan fingerprint density at radius 1 is 1.22 bits per heavy atom. The lowest BCUT2D eigenvalue weighted by molar-refractivity contribution is 0.261. The summed E-state index contributed by atoms with van der Waals surface area (Å²) in [5, 5.41) is 4.97. The Morgan fingerprint density at radius 2 is 2.00 bits per heavy atom. The molecule has 0 bridgehead atoms. The molecule has 0 aliphatic carbocycles. The average Bonchev–Trinajstić information content (AvgIpc) is 2.99. The maximum atomic E-state index is 5.92. The van der Waals surface area contributed by atoms with Crippen LogP contribution in [0.2, 0.25) is 5.02 Å². The SMILES string of the molecule is CN1NC(c2cccs2)=CC1c1ccc(Cl)cc1. The van der Waals surface area contributed by atoms with E-state index in [4.69, 9.17) is 11.6 Å². The summed E-state index contributed by atoms with van der Waals surface area (Å²) in [6.07, 6.45) is 2.25. The summed E-state index contributed by atoms with van der Waals surface area (Å²) >= 11 is 7.67. The molecule has 1 aliphatic heterocycles. The van der Waals surface area contributed by atoms with Gasteiger partial charge in [0.25, 0.3) is 0 Å². The van der Waals surface area contributed by atoms with Crippen molar-refractivity contribution in [3.63, 3.8) is 0 Å². The second kappa shape index (κ2) is 4.76. The van der Waals surface area contributed by atoms with Crippen LogP contribution >= 0.6 is 22.9 Å². The van der Waals surface area contributed by atoms with Gasteiger partial charge in [0, 0.05) is 12.1 Å². The molecule has 92 valence electrons. The van der Waals surface area contributed by atoms with Gasteiger partial charge >= 0.3 is 0 Å². The minimum Gasteiger partial charge on any atom is -0.317 e. The molecular formula is C14H13ClN2S. The van der Waals surface area contributed by atoms with Crippen molar-refractivity contribution in [3.8, 4) is 0 Å². The van der Waals surface area contributed by atoms with Gasteiger partial charge in [-0.15, -0.1) is 11.3 Å². The molecule has 1 aromatic carbocycles. The molecule has 1 atom stereocenters. The zero-order valence-corrected chi connectivity index (χ0v) is 11.5. The molecule has 1 N–H and O–H groups in total. The van der Waals surface area contributed by atoms with E-state index >= 15 is 0 Å². The Morgan fingerprint density at radius 3 is 2.67 bits per heavy atom. The van der Waals surface area contributed by atoms with E-state index in [-0.39, 0.29) is 6.04 Å². The second-order valence-electron chi connectivity index (χ2n) is 4.28. The molecule has 0 radical (unpaired) electrons. The minimum atomic E-state index is 0.249. The zero-order chi connectivity index (χ0) is 12.5. The van der Waals surface area contributed by atoms with Crippen LogP contribution in [0.4, 0.5) is 0 Å². The van der Waals surface area contributed by atoms with Crippen molar-refractivity contribution in [1.82, 2.24) is 10.4 Å². The number of rotatable bonds is 2. The van der Waals surface area contributed by atoms with E-state index in [1.54, 1.807) is 11.3 Å². The lowest BCUT2D eigenvalue weighted by Crippen LogP contribution is -2.29. The summed E-state index contributed by atoms with van der Waals surface area (Å²) < 4.78 is 0. The summed E-state index contributed by atoms with van der Waals surface area (Å²) in [6.45, 7) is 0. The van der Waals surface area contributed by atoms with E-state index in [1.807, 2.05) is 12.1 Å². The maximum absolute atomic E-state index is 5.92. The van der Waals surface area contributed by atoms with Crippen LogP contribution in [0.15, 0.2) is 47.9 Å². The third kappa shape index (κ3) is 2.17. The summed E-state index contributed by atoms with van der Waals surface area (Å²) in [7, 11) is 2.05. The van der Waals surface area contributed by atoms with Gasteiger partial charge in [0.15, 0.2) is 0 Å². The number of hydrazine groups is 1. The molecule has 1 aliphatic rings. The molecule has 2 aromatic rings. The van der Waals surface area contributed by atoms with Gasteiger partial charge in [0.2, 0.25) is 0 Å². The van der Waals surface area contributed by atoms with Crippen molar-refractivity contribution in [1.29, 1.82) is 0 Å². The first-order valence-electron chi connectivity index (χ1n) is 5.75. The van der Waals surface area contributed by atoms with Crippen LogP contribution in [0.25, 0.3) is 5.70 Å². The van der Waals surface area contributed by atoms with Crippen LogP contribution in [0.1, 0.15) is 16.5 Å². The third-order valence-electron chi connectivity index (χ3n) is 3.04. The molecule has 1 unspecified atom stereocenters. The summed E-state index contributed by atoms with van der Waals surface area (Å²) in [5.41, 5.74) is 5.80. The Labute approximate surface area is 115 Å². The molecule has 0 saturated carbocycles. The lowest BCUT2D eigenvalue weighted by Gasteiger charge is -2.20. The van der Waals surface area contributed by atoms with Gasteiger partial charge in [-0.3, -0.25) is 0 Å². The standard InChI is InChI=1S/C14H13ClN2S/c1-17-13(10-4-6-11(15)7-5-10)9-12(16-17)14-3-2-8-18-14/h2-9,13,16H,1H3. The second-order valence-corrected chi connectivity index (χ2v) is 5.66. The Balaban J connectivity index is 1.91. The van der Waals surface area contributed by atoms with Crippen LogP contribution in [-0.2, 0) is 0 Å². The summed E-state index contributed by atoms with van der Waals surface area (Å²) in [6, 6.07) is 12.4. The Hall–Kier alpha value is -1.29. The fraction of sp³-hybridized carbons (Fsp3) is 0.143. The number of hydrogen-bond acceptors (Lipinski definition) is 3. The maximum Gasteiger partial charge on any atom is 0.0741 e. The molecule has 4 heteroatoms. The first-order valence-corrected chi connectivity index (χ1v) is 7.00. The number of halogens is 1. The molecule has 0 fully saturated rings. The lowest BCUT2D eigenvalue weighted by atomic mass is 10.1. The molecule has 0 saturated heterocycles. The fourth-order valence-corrected chi connectivity index (χ4v) is 2.94. The minimum absolute atomic E-state index is 0.249. The quantitative estimate of drug-likeness (QED) is 0.894. The van der Waals surface area contributed by atoms with Crippen LogP contribution in [0.3, 0.4) is 0 Å². The van der Waals surface area contributed by atoms with E-state index in [0.29, 0.717) is 0 Å². The molecule has 0 spiro atoms. The van der Waals surface area contributed by atoms with E-state index < -0.39 is 0 Å². The number of benzene rings is 1. The highest BCUT2D eigenvalue weighted by atomic mass is 35.5. The van der Waals surface area contributed by atoms with Crippen LogP contribution < -0.4 is 5.43 Å². The first-order chi connectivity index (χ1) is 8.74. The molecule has 2 heterocycles. The molecular weight excluding hydrogens is 264 g/mol. The van der Waals surface area contributed by atoms with E-state index in [2.05, 4.69) is 53.2 Å². The number of likely N-dealkylation sites (N-methyl/N-ethyl adjacent to an activating group) is 1. The molecule has 0 amide bonds. The highest BCUT2D eigenvalue weighted by molar-refractivity contribution is 7.11. The van der Waals surface area contributed by atoms with Gasteiger partial charge in [-0.25, -0.2) is 5.01 Å². The largest absolute Gasteiger partial charge is 0.317 e. The van der Waals surface area contributed by atoms with Crippen molar-refractivity contribution >= 4 is 28.6 Å². The monoisotopic (exact) mass is 276 g/mol. The van der Waals surface area contributed by atoms with Crippen LogP contribution in [-0.4, -0.2) is 12.1 Å². The Kier molecular flexibility index (Phi) is 3.12. The van der Waals surface area contributed by atoms with Crippen LogP contribution in [0.5, 0.6) is 0 Å². The van der Waals surface area contributed by atoms with Gasteiger partial charge in [-0.1, -0.05) is 29.8 Å². The van der Waals surface area contributed by atoms with Gasteiger partial charge in [-0.2, -0.15) is 0 Å². The van der Waals surface area contributed by atoms with Crippen molar-refractivity contribution in [2.75, 3.05) is 7.05 Å². The van der Waals surface area contributed by atoms with Crippen LogP contribution in [0, 0.1) is 0 Å². The fourth-order valence-electron chi connectivity index (χ4n) is 2.12. The van der Waals surface area contributed by atoms with Gasteiger partial charge < -0.3 is 5.43 Å². The van der Waals surface area contributed by atoms with Crippen molar-refractivity contribution in [2.45, 2.75) is 6.04 Å². The van der Waals surface area contributed by atoms with Crippen molar-refractivity contribution < 1.29 is 0 Å². The smallest absolute Gasteiger partial charge is 0.0741 e. The van der Waals surface area contributed by atoms with E-state index in [1.165, 1.54) is 16.1 Å². The highest BCUT2D eigenvalue weighted by Crippen LogP contribution is 2.31.